The standard InChI is InChI=1S/C21H28N4O5/c1-24-8-4-5-16(24)17(25-9-11-30-12-10-25)14-22-20(26)21(27)23-15-6-7-18(28-2)19(13-15)29-3/h4-8,13,17H,9-12,14H2,1-3H3,(H,22,26)(H,23,27). The molecule has 9 heteroatoms. The first-order valence-corrected chi connectivity index (χ1v) is 9.77. The third-order valence-electron chi connectivity index (χ3n) is 5.12. The summed E-state index contributed by atoms with van der Waals surface area (Å²) in [7, 11) is 5.00. The van der Waals surface area contributed by atoms with Crippen molar-refractivity contribution in [1.29, 1.82) is 0 Å². The molecule has 1 fully saturated rings. The van der Waals surface area contributed by atoms with Crippen molar-refractivity contribution in [3.05, 3.63) is 42.2 Å². The number of amides is 2. The largest absolute Gasteiger partial charge is 0.493 e. The number of aryl methyl sites for hydroxylation is 1. The molecule has 0 spiro atoms. The second kappa shape index (κ2) is 10.1. The molecule has 1 aromatic heterocycles. The van der Waals surface area contributed by atoms with Gasteiger partial charge in [-0.05, 0) is 24.3 Å². The monoisotopic (exact) mass is 416 g/mol. The highest BCUT2D eigenvalue weighted by Crippen LogP contribution is 2.29. The SMILES string of the molecule is COc1ccc(NC(=O)C(=O)NCC(c2cccn2C)N2CCOCC2)cc1OC. The molecule has 0 radical (unpaired) electrons. The number of rotatable bonds is 7. The number of nitrogens with zero attached hydrogens (tertiary/aromatic N) is 2. The summed E-state index contributed by atoms with van der Waals surface area (Å²) in [5, 5.41) is 5.36. The highest BCUT2D eigenvalue weighted by molar-refractivity contribution is 6.39. The summed E-state index contributed by atoms with van der Waals surface area (Å²) >= 11 is 0. The van der Waals surface area contributed by atoms with E-state index in [2.05, 4.69) is 15.5 Å². The number of carbonyl (C=O) groups is 2. The van der Waals surface area contributed by atoms with Crippen molar-refractivity contribution >= 4 is 17.5 Å². The summed E-state index contributed by atoms with van der Waals surface area (Å²) in [4.78, 5) is 27.1. The van der Waals surface area contributed by atoms with Crippen molar-refractivity contribution in [3.8, 4) is 11.5 Å². The van der Waals surface area contributed by atoms with Crippen LogP contribution in [0, 0.1) is 0 Å². The van der Waals surface area contributed by atoms with E-state index in [4.69, 9.17) is 14.2 Å². The number of hydrogen-bond donors (Lipinski definition) is 2. The number of carbonyl (C=O) groups excluding carboxylic acids is 2. The molecule has 3 rings (SSSR count). The minimum absolute atomic E-state index is 0.0493. The van der Waals surface area contributed by atoms with Gasteiger partial charge in [-0.15, -0.1) is 0 Å². The van der Waals surface area contributed by atoms with Crippen LogP contribution in [0.5, 0.6) is 11.5 Å². The van der Waals surface area contributed by atoms with Gasteiger partial charge in [0.15, 0.2) is 11.5 Å². The Morgan fingerprint density at radius 1 is 1.10 bits per heavy atom. The van der Waals surface area contributed by atoms with E-state index in [1.165, 1.54) is 14.2 Å². The number of benzene rings is 1. The molecule has 0 aliphatic carbocycles. The van der Waals surface area contributed by atoms with E-state index >= 15 is 0 Å². The lowest BCUT2D eigenvalue weighted by atomic mass is 10.1. The Labute approximate surface area is 175 Å². The highest BCUT2D eigenvalue weighted by atomic mass is 16.5. The smallest absolute Gasteiger partial charge is 0.313 e. The maximum absolute atomic E-state index is 12.4. The molecule has 1 unspecified atom stereocenters. The Balaban J connectivity index is 1.63. The van der Waals surface area contributed by atoms with E-state index in [9.17, 15) is 9.59 Å². The van der Waals surface area contributed by atoms with Gasteiger partial charge in [-0.2, -0.15) is 0 Å². The number of hydrogen-bond acceptors (Lipinski definition) is 6. The van der Waals surface area contributed by atoms with Crippen molar-refractivity contribution in [2.75, 3.05) is 52.4 Å². The molecule has 1 aliphatic heterocycles. The molecule has 1 saturated heterocycles. The zero-order valence-electron chi connectivity index (χ0n) is 17.5. The van der Waals surface area contributed by atoms with Crippen LogP contribution >= 0.6 is 0 Å². The van der Waals surface area contributed by atoms with Crippen LogP contribution in [0.25, 0.3) is 0 Å². The van der Waals surface area contributed by atoms with E-state index in [0.717, 1.165) is 18.8 Å². The fourth-order valence-corrected chi connectivity index (χ4v) is 3.50. The van der Waals surface area contributed by atoms with Crippen LogP contribution in [-0.2, 0) is 21.4 Å². The maximum Gasteiger partial charge on any atom is 0.313 e. The second-order valence-electron chi connectivity index (χ2n) is 6.94. The Morgan fingerprint density at radius 3 is 2.47 bits per heavy atom. The Bertz CT molecular complexity index is 876. The van der Waals surface area contributed by atoms with Gasteiger partial charge in [-0.3, -0.25) is 14.5 Å². The van der Waals surface area contributed by atoms with Gasteiger partial charge in [0.2, 0.25) is 0 Å². The topological polar surface area (TPSA) is 94.1 Å². The molecule has 1 atom stereocenters. The second-order valence-corrected chi connectivity index (χ2v) is 6.94. The quantitative estimate of drug-likeness (QED) is 0.658. The molecule has 2 amide bonds. The van der Waals surface area contributed by atoms with Gasteiger partial charge in [0.1, 0.15) is 0 Å². The van der Waals surface area contributed by atoms with E-state index in [0.29, 0.717) is 36.9 Å². The van der Waals surface area contributed by atoms with Gasteiger partial charge < -0.3 is 29.4 Å². The van der Waals surface area contributed by atoms with Crippen molar-refractivity contribution < 1.29 is 23.8 Å². The number of ether oxygens (including phenoxy) is 3. The summed E-state index contributed by atoms with van der Waals surface area (Å²) in [6, 6.07) is 8.85. The highest BCUT2D eigenvalue weighted by Gasteiger charge is 2.26. The van der Waals surface area contributed by atoms with E-state index < -0.39 is 11.8 Å². The number of nitrogens with one attached hydrogen (secondary N) is 2. The molecule has 0 saturated carbocycles. The summed E-state index contributed by atoms with van der Waals surface area (Å²) in [5.74, 6) is -0.435. The average Bonchev–Trinajstić information content (AvgIpc) is 3.20. The zero-order chi connectivity index (χ0) is 21.5. The van der Waals surface area contributed by atoms with Crippen LogP contribution in [0.15, 0.2) is 36.5 Å². The van der Waals surface area contributed by atoms with E-state index in [-0.39, 0.29) is 6.04 Å². The molecule has 0 bridgehead atoms. The molecule has 2 heterocycles. The van der Waals surface area contributed by atoms with Gasteiger partial charge in [0.25, 0.3) is 0 Å². The lowest BCUT2D eigenvalue weighted by Gasteiger charge is -2.34. The molecule has 1 aromatic carbocycles. The Morgan fingerprint density at radius 2 is 1.83 bits per heavy atom. The summed E-state index contributed by atoms with van der Waals surface area (Å²) in [6.07, 6.45) is 1.97. The minimum Gasteiger partial charge on any atom is -0.493 e. The fourth-order valence-electron chi connectivity index (χ4n) is 3.50. The van der Waals surface area contributed by atoms with Gasteiger partial charge in [0, 0.05) is 50.3 Å². The van der Waals surface area contributed by atoms with E-state index in [1.54, 1.807) is 18.2 Å². The maximum atomic E-state index is 12.4. The Kier molecular flexibility index (Phi) is 7.31. The Hall–Kier alpha value is -3.04. The van der Waals surface area contributed by atoms with Crippen molar-refractivity contribution in [2.24, 2.45) is 7.05 Å². The minimum atomic E-state index is -0.741. The molecule has 2 N–H and O–H groups in total. The van der Waals surface area contributed by atoms with Crippen LogP contribution < -0.4 is 20.1 Å². The van der Waals surface area contributed by atoms with E-state index in [1.807, 2.05) is 29.9 Å². The fraction of sp³-hybridized carbons (Fsp3) is 0.429. The van der Waals surface area contributed by atoms with Crippen molar-refractivity contribution in [3.63, 3.8) is 0 Å². The number of morpholine rings is 1. The first kappa shape index (κ1) is 21.7. The molecule has 2 aromatic rings. The summed E-state index contributed by atoms with van der Waals surface area (Å²) in [6.45, 7) is 3.15. The summed E-state index contributed by atoms with van der Waals surface area (Å²) in [5.41, 5.74) is 1.51. The average molecular weight is 416 g/mol. The van der Waals surface area contributed by atoms with Crippen molar-refractivity contribution in [1.82, 2.24) is 14.8 Å². The predicted octanol–water partition coefficient (Wildman–Crippen LogP) is 1.17. The zero-order valence-corrected chi connectivity index (χ0v) is 17.5. The van der Waals surface area contributed by atoms with Crippen LogP contribution in [0.1, 0.15) is 11.7 Å². The molecule has 30 heavy (non-hydrogen) atoms. The van der Waals surface area contributed by atoms with Crippen LogP contribution in [0.4, 0.5) is 5.69 Å². The third kappa shape index (κ3) is 5.11. The molecular formula is C21H28N4O5. The van der Waals surface area contributed by atoms with Gasteiger partial charge in [-0.1, -0.05) is 0 Å². The van der Waals surface area contributed by atoms with Crippen molar-refractivity contribution in [2.45, 2.75) is 6.04 Å². The van der Waals surface area contributed by atoms with Crippen LogP contribution in [0.2, 0.25) is 0 Å². The number of anilines is 1. The number of methoxy groups -OCH3 is 2. The van der Waals surface area contributed by atoms with Crippen LogP contribution in [0.3, 0.4) is 0 Å². The van der Waals surface area contributed by atoms with Crippen LogP contribution in [-0.4, -0.2) is 68.3 Å². The normalized spacial score (nSPS) is 15.3. The predicted molar refractivity (Wildman–Crippen MR) is 112 cm³/mol. The first-order chi connectivity index (χ1) is 14.5. The molecule has 1 aliphatic rings. The van der Waals surface area contributed by atoms with Gasteiger partial charge in [-0.25, -0.2) is 0 Å². The third-order valence-corrected chi connectivity index (χ3v) is 5.12. The van der Waals surface area contributed by atoms with Gasteiger partial charge >= 0.3 is 11.8 Å². The lowest BCUT2D eigenvalue weighted by Crippen LogP contribution is -2.46. The molecule has 162 valence electrons. The van der Waals surface area contributed by atoms with Gasteiger partial charge in [0.05, 0.1) is 33.5 Å². The lowest BCUT2D eigenvalue weighted by molar-refractivity contribution is -0.136. The number of aromatic nitrogens is 1. The molecule has 9 nitrogen and oxygen atoms in total. The molecular weight excluding hydrogens is 388 g/mol. The summed E-state index contributed by atoms with van der Waals surface area (Å²) < 4.78 is 17.9. The first-order valence-electron chi connectivity index (χ1n) is 9.77.